The van der Waals surface area contributed by atoms with E-state index in [9.17, 15) is 18.0 Å². The fraction of sp³-hybridized carbons (Fsp3) is 0.0556. The van der Waals surface area contributed by atoms with Gasteiger partial charge in [-0.1, -0.05) is 53.8 Å². The normalized spacial score (nSPS) is 11.6. The number of carbonyl (C=O) groups excluding carboxylic acids is 1. The second-order valence-corrected chi connectivity index (χ2v) is 4.98. The fourth-order valence-corrected chi connectivity index (χ4v) is 1.82. The van der Waals surface area contributed by atoms with Crippen LogP contribution in [0, 0.1) is 11.8 Å². The van der Waals surface area contributed by atoms with Gasteiger partial charge in [-0.15, -0.1) is 0 Å². The highest BCUT2D eigenvalue weighted by atomic mass is 35.5. The quantitative estimate of drug-likeness (QED) is 0.563. The van der Waals surface area contributed by atoms with Crippen LogP contribution in [0.5, 0.6) is 0 Å². The highest BCUT2D eigenvalue weighted by molar-refractivity contribution is 6.30. The van der Waals surface area contributed by atoms with Crippen LogP contribution in [0.1, 0.15) is 11.1 Å². The minimum Gasteiger partial charge on any atom is -0.285 e. The summed E-state index contributed by atoms with van der Waals surface area (Å²) in [6.07, 6.45) is -4.44. The van der Waals surface area contributed by atoms with Crippen LogP contribution in [0.2, 0.25) is 5.02 Å². The molecule has 0 saturated heterocycles. The number of allylic oxidation sites excluding steroid dienone is 2. The van der Waals surface area contributed by atoms with E-state index in [1.165, 1.54) is 24.3 Å². The third kappa shape index (κ3) is 5.01. The SMILES string of the molecule is O=C(/C=C(/C#Cc1ccccc1)c1ccc(Cl)cc1)C(F)(F)F. The third-order valence-electron chi connectivity index (χ3n) is 2.83. The van der Waals surface area contributed by atoms with E-state index in [-0.39, 0.29) is 5.57 Å². The number of alkyl halides is 3. The Morgan fingerprint density at radius 2 is 1.61 bits per heavy atom. The Balaban J connectivity index is 2.44. The Labute approximate surface area is 136 Å². The Morgan fingerprint density at radius 3 is 2.17 bits per heavy atom. The molecule has 2 aromatic carbocycles. The van der Waals surface area contributed by atoms with Crippen LogP contribution in [-0.2, 0) is 4.79 Å². The first kappa shape index (κ1) is 16.9. The zero-order valence-corrected chi connectivity index (χ0v) is 12.4. The molecule has 116 valence electrons. The average molecular weight is 335 g/mol. The van der Waals surface area contributed by atoms with Gasteiger partial charge in [-0.2, -0.15) is 13.2 Å². The molecule has 0 radical (unpaired) electrons. The minimum absolute atomic E-state index is 0.0205. The van der Waals surface area contributed by atoms with E-state index in [0.29, 0.717) is 22.2 Å². The van der Waals surface area contributed by atoms with Gasteiger partial charge in [0.15, 0.2) is 0 Å². The van der Waals surface area contributed by atoms with Crippen molar-refractivity contribution in [3.63, 3.8) is 0 Å². The van der Waals surface area contributed by atoms with E-state index < -0.39 is 12.0 Å². The molecule has 0 aliphatic carbocycles. The topological polar surface area (TPSA) is 17.1 Å². The van der Waals surface area contributed by atoms with Gasteiger partial charge >= 0.3 is 6.18 Å². The van der Waals surface area contributed by atoms with Crippen molar-refractivity contribution in [2.75, 3.05) is 0 Å². The first-order valence-corrected chi connectivity index (χ1v) is 6.90. The summed E-state index contributed by atoms with van der Waals surface area (Å²) >= 11 is 5.77. The smallest absolute Gasteiger partial charge is 0.285 e. The molecule has 2 rings (SSSR count). The van der Waals surface area contributed by atoms with Crippen molar-refractivity contribution in [1.29, 1.82) is 0 Å². The van der Waals surface area contributed by atoms with Gasteiger partial charge in [0.05, 0.1) is 0 Å². The van der Waals surface area contributed by atoms with Gasteiger partial charge in [-0.05, 0) is 29.8 Å². The van der Waals surface area contributed by atoms with E-state index in [1.807, 2.05) is 0 Å². The first-order valence-electron chi connectivity index (χ1n) is 6.52. The number of carbonyl (C=O) groups is 1. The lowest BCUT2D eigenvalue weighted by Gasteiger charge is -2.04. The second-order valence-electron chi connectivity index (χ2n) is 4.54. The van der Waals surface area contributed by atoms with Crippen LogP contribution >= 0.6 is 11.6 Å². The number of ketones is 1. The maximum absolute atomic E-state index is 12.5. The molecule has 5 heteroatoms. The van der Waals surface area contributed by atoms with Crippen molar-refractivity contribution in [3.05, 3.63) is 76.8 Å². The van der Waals surface area contributed by atoms with Crippen LogP contribution in [0.15, 0.2) is 60.7 Å². The fourth-order valence-electron chi connectivity index (χ4n) is 1.69. The Hall–Kier alpha value is -2.51. The molecule has 0 atom stereocenters. The predicted octanol–water partition coefficient (Wildman–Crippen LogP) is 4.91. The number of hydrogen-bond acceptors (Lipinski definition) is 1. The largest absolute Gasteiger partial charge is 0.454 e. The molecule has 0 unspecified atom stereocenters. The summed E-state index contributed by atoms with van der Waals surface area (Å²) in [5.74, 6) is 3.41. The molecule has 0 aliphatic rings. The van der Waals surface area contributed by atoms with E-state index in [4.69, 9.17) is 11.6 Å². The van der Waals surface area contributed by atoms with Crippen LogP contribution in [-0.4, -0.2) is 12.0 Å². The molecular weight excluding hydrogens is 325 g/mol. The van der Waals surface area contributed by atoms with Crippen molar-refractivity contribution >= 4 is 23.0 Å². The molecule has 0 spiro atoms. The molecule has 0 aromatic heterocycles. The maximum atomic E-state index is 12.5. The molecule has 0 heterocycles. The highest BCUT2D eigenvalue weighted by Crippen LogP contribution is 2.22. The summed E-state index contributed by atoms with van der Waals surface area (Å²) in [5, 5.41) is 0.436. The zero-order valence-electron chi connectivity index (χ0n) is 11.7. The summed E-state index contributed by atoms with van der Waals surface area (Å²) in [5.41, 5.74) is 0.995. The monoisotopic (exact) mass is 334 g/mol. The van der Waals surface area contributed by atoms with Crippen molar-refractivity contribution in [3.8, 4) is 11.8 Å². The van der Waals surface area contributed by atoms with E-state index in [0.717, 1.165) is 0 Å². The Kier molecular flexibility index (Phi) is 5.25. The number of halogens is 4. The van der Waals surface area contributed by atoms with E-state index in [1.54, 1.807) is 30.3 Å². The maximum Gasteiger partial charge on any atom is 0.454 e. The zero-order chi connectivity index (χ0) is 16.9. The van der Waals surface area contributed by atoms with Crippen LogP contribution in [0.3, 0.4) is 0 Å². The van der Waals surface area contributed by atoms with Gasteiger partial charge in [0.2, 0.25) is 0 Å². The lowest BCUT2D eigenvalue weighted by Crippen LogP contribution is -2.20. The summed E-state index contributed by atoms with van der Waals surface area (Å²) in [4.78, 5) is 11.2. The molecule has 0 amide bonds. The Morgan fingerprint density at radius 1 is 1.00 bits per heavy atom. The summed E-state index contributed by atoms with van der Waals surface area (Å²) in [6.45, 7) is 0. The molecule has 23 heavy (non-hydrogen) atoms. The standard InChI is InChI=1S/C18H10ClF3O/c19-16-10-8-14(9-11-16)15(12-17(23)18(20,21)22)7-6-13-4-2-1-3-5-13/h1-5,8-12H/b15-12-. The van der Waals surface area contributed by atoms with E-state index in [2.05, 4.69) is 11.8 Å². The lowest BCUT2D eigenvalue weighted by molar-refractivity contribution is -0.165. The minimum atomic E-state index is -4.94. The van der Waals surface area contributed by atoms with Crippen LogP contribution in [0.25, 0.3) is 5.57 Å². The summed E-state index contributed by atoms with van der Waals surface area (Å²) < 4.78 is 37.5. The van der Waals surface area contributed by atoms with Gasteiger partial charge in [-0.25, -0.2) is 0 Å². The second kappa shape index (κ2) is 7.17. The van der Waals surface area contributed by atoms with Gasteiger partial charge in [0, 0.05) is 22.2 Å². The van der Waals surface area contributed by atoms with Gasteiger partial charge in [0.25, 0.3) is 5.78 Å². The number of hydrogen-bond donors (Lipinski definition) is 0. The van der Waals surface area contributed by atoms with Crippen molar-refractivity contribution in [2.24, 2.45) is 0 Å². The molecule has 0 bridgehead atoms. The highest BCUT2D eigenvalue weighted by Gasteiger charge is 2.36. The first-order chi connectivity index (χ1) is 10.9. The van der Waals surface area contributed by atoms with Crippen LogP contribution < -0.4 is 0 Å². The van der Waals surface area contributed by atoms with E-state index >= 15 is 0 Å². The summed E-state index contributed by atoms with van der Waals surface area (Å²) in [6, 6.07) is 14.8. The van der Waals surface area contributed by atoms with Gasteiger partial charge in [0.1, 0.15) is 0 Å². The van der Waals surface area contributed by atoms with Crippen molar-refractivity contribution in [2.45, 2.75) is 6.18 Å². The third-order valence-corrected chi connectivity index (χ3v) is 3.08. The summed E-state index contributed by atoms with van der Waals surface area (Å²) in [7, 11) is 0. The van der Waals surface area contributed by atoms with Gasteiger partial charge in [-0.3, -0.25) is 4.79 Å². The van der Waals surface area contributed by atoms with Crippen molar-refractivity contribution < 1.29 is 18.0 Å². The number of benzene rings is 2. The molecule has 0 fully saturated rings. The molecule has 0 aliphatic heterocycles. The molecule has 1 nitrogen and oxygen atoms in total. The average Bonchev–Trinajstić information content (AvgIpc) is 2.52. The molecule has 2 aromatic rings. The van der Waals surface area contributed by atoms with Crippen LogP contribution in [0.4, 0.5) is 13.2 Å². The molecule has 0 saturated carbocycles. The molecule has 0 N–H and O–H groups in total. The predicted molar refractivity (Wildman–Crippen MR) is 83.8 cm³/mol. The molecular formula is C18H10ClF3O. The lowest BCUT2D eigenvalue weighted by atomic mass is 10.0. The number of rotatable bonds is 2. The van der Waals surface area contributed by atoms with Crippen molar-refractivity contribution in [1.82, 2.24) is 0 Å². The van der Waals surface area contributed by atoms with Gasteiger partial charge < -0.3 is 0 Å². The Bertz CT molecular complexity index is 779.